The highest BCUT2D eigenvalue weighted by molar-refractivity contribution is 5.88. The summed E-state index contributed by atoms with van der Waals surface area (Å²) in [5.74, 6) is 0.144. The molecule has 0 amide bonds. The number of aromatic carboxylic acids is 1. The van der Waals surface area contributed by atoms with Gasteiger partial charge in [-0.2, -0.15) is 5.10 Å². The van der Waals surface area contributed by atoms with E-state index in [9.17, 15) is 4.79 Å². The lowest BCUT2D eigenvalue weighted by atomic mass is 10.2. The predicted octanol–water partition coefficient (Wildman–Crippen LogP) is 1.96. The number of aromatic nitrogens is 2. The number of hydrogen-bond acceptors (Lipinski definition) is 4. The standard InChI is InChI=1S/C14H19N3O3/c1-9-11(7-17(4)15-9)6-16(3)8-12-5-13(14(18)19)10(2)20-12/h5,7H,6,8H2,1-4H3,(H,18,19). The van der Waals surface area contributed by atoms with Crippen LogP contribution in [0.2, 0.25) is 0 Å². The van der Waals surface area contributed by atoms with Crippen molar-refractivity contribution in [1.29, 1.82) is 0 Å². The summed E-state index contributed by atoms with van der Waals surface area (Å²) in [6, 6.07) is 1.59. The van der Waals surface area contributed by atoms with Crippen molar-refractivity contribution in [3.05, 3.63) is 40.6 Å². The molecule has 2 aromatic rings. The van der Waals surface area contributed by atoms with Gasteiger partial charge in [-0.1, -0.05) is 0 Å². The lowest BCUT2D eigenvalue weighted by Gasteiger charge is -2.14. The van der Waals surface area contributed by atoms with Crippen LogP contribution in [0, 0.1) is 13.8 Å². The molecule has 0 radical (unpaired) electrons. The Morgan fingerprint density at radius 2 is 2.15 bits per heavy atom. The Kier molecular flexibility index (Phi) is 3.94. The fourth-order valence-corrected chi connectivity index (χ4v) is 2.25. The van der Waals surface area contributed by atoms with Gasteiger partial charge in [-0.25, -0.2) is 4.79 Å². The molecule has 0 spiro atoms. The number of furan rings is 1. The van der Waals surface area contributed by atoms with Crippen LogP contribution in [-0.2, 0) is 20.1 Å². The number of rotatable bonds is 5. The van der Waals surface area contributed by atoms with Gasteiger partial charge in [0.15, 0.2) is 0 Å². The largest absolute Gasteiger partial charge is 0.478 e. The maximum absolute atomic E-state index is 11.0. The van der Waals surface area contributed by atoms with Gasteiger partial charge in [-0.3, -0.25) is 9.58 Å². The van der Waals surface area contributed by atoms with Crippen LogP contribution in [0.1, 0.15) is 33.1 Å². The van der Waals surface area contributed by atoms with Gasteiger partial charge in [0.1, 0.15) is 17.1 Å². The summed E-state index contributed by atoms with van der Waals surface area (Å²) in [4.78, 5) is 13.0. The van der Waals surface area contributed by atoms with Gasteiger partial charge in [-0.05, 0) is 27.0 Å². The summed E-state index contributed by atoms with van der Waals surface area (Å²) < 4.78 is 7.27. The van der Waals surface area contributed by atoms with E-state index in [1.54, 1.807) is 17.7 Å². The Labute approximate surface area is 117 Å². The summed E-state index contributed by atoms with van der Waals surface area (Å²) in [5.41, 5.74) is 2.38. The lowest BCUT2D eigenvalue weighted by Crippen LogP contribution is -2.17. The molecular formula is C14H19N3O3. The second kappa shape index (κ2) is 5.50. The minimum Gasteiger partial charge on any atom is -0.478 e. The van der Waals surface area contributed by atoms with Crippen molar-refractivity contribution < 1.29 is 14.3 Å². The summed E-state index contributed by atoms with van der Waals surface area (Å²) in [6.07, 6.45) is 1.99. The predicted molar refractivity (Wildman–Crippen MR) is 73.5 cm³/mol. The first-order valence-electron chi connectivity index (χ1n) is 6.37. The Morgan fingerprint density at radius 1 is 1.45 bits per heavy atom. The van der Waals surface area contributed by atoms with Gasteiger partial charge in [0.2, 0.25) is 0 Å². The SMILES string of the molecule is Cc1nn(C)cc1CN(C)Cc1cc(C(=O)O)c(C)o1. The van der Waals surface area contributed by atoms with E-state index < -0.39 is 5.97 Å². The van der Waals surface area contributed by atoms with Crippen LogP contribution in [0.15, 0.2) is 16.7 Å². The minimum atomic E-state index is -0.955. The van der Waals surface area contributed by atoms with Crippen LogP contribution < -0.4 is 0 Å². The fourth-order valence-electron chi connectivity index (χ4n) is 2.25. The summed E-state index contributed by atoms with van der Waals surface area (Å²) in [6.45, 7) is 4.94. The lowest BCUT2D eigenvalue weighted by molar-refractivity contribution is 0.0695. The van der Waals surface area contributed by atoms with Crippen LogP contribution in [-0.4, -0.2) is 32.8 Å². The summed E-state index contributed by atoms with van der Waals surface area (Å²) in [7, 11) is 3.86. The normalized spacial score (nSPS) is 11.2. The average Bonchev–Trinajstić information content (AvgIpc) is 2.82. The monoisotopic (exact) mass is 277 g/mol. The highest BCUT2D eigenvalue weighted by Crippen LogP contribution is 2.17. The second-order valence-electron chi connectivity index (χ2n) is 5.07. The van der Waals surface area contributed by atoms with Crippen LogP contribution >= 0.6 is 0 Å². The molecule has 2 heterocycles. The topological polar surface area (TPSA) is 71.5 Å². The quantitative estimate of drug-likeness (QED) is 0.904. The first-order valence-corrected chi connectivity index (χ1v) is 6.37. The summed E-state index contributed by atoms with van der Waals surface area (Å²) in [5, 5.41) is 13.3. The number of nitrogens with zero attached hydrogens (tertiary/aromatic N) is 3. The molecule has 1 N–H and O–H groups in total. The first-order chi connectivity index (χ1) is 9.36. The Bertz CT molecular complexity index is 628. The molecule has 108 valence electrons. The molecule has 0 saturated carbocycles. The second-order valence-corrected chi connectivity index (χ2v) is 5.07. The van der Waals surface area contributed by atoms with Gasteiger partial charge in [-0.15, -0.1) is 0 Å². The molecule has 0 saturated heterocycles. The maximum atomic E-state index is 11.0. The molecule has 0 aromatic carbocycles. The molecule has 0 aliphatic carbocycles. The van der Waals surface area contributed by atoms with Crippen molar-refractivity contribution in [2.24, 2.45) is 7.05 Å². The molecule has 20 heavy (non-hydrogen) atoms. The van der Waals surface area contributed by atoms with E-state index in [0.29, 0.717) is 18.1 Å². The Morgan fingerprint density at radius 3 is 2.65 bits per heavy atom. The zero-order valence-corrected chi connectivity index (χ0v) is 12.2. The van der Waals surface area contributed by atoms with Gasteiger partial charge in [0.05, 0.1) is 12.2 Å². The molecule has 0 aliphatic heterocycles. The van der Waals surface area contributed by atoms with E-state index >= 15 is 0 Å². The minimum absolute atomic E-state index is 0.228. The van der Waals surface area contributed by atoms with E-state index in [1.165, 1.54) is 0 Å². The third-order valence-electron chi connectivity index (χ3n) is 3.18. The number of aryl methyl sites for hydroxylation is 3. The van der Waals surface area contributed by atoms with Crippen molar-refractivity contribution in [1.82, 2.24) is 14.7 Å². The molecule has 6 nitrogen and oxygen atoms in total. The molecule has 2 rings (SSSR count). The van der Waals surface area contributed by atoms with Crippen molar-refractivity contribution in [2.45, 2.75) is 26.9 Å². The van der Waals surface area contributed by atoms with E-state index in [2.05, 4.69) is 10.00 Å². The van der Waals surface area contributed by atoms with Crippen molar-refractivity contribution in [2.75, 3.05) is 7.05 Å². The van der Waals surface area contributed by atoms with Gasteiger partial charge >= 0.3 is 5.97 Å². The van der Waals surface area contributed by atoms with Crippen LogP contribution in [0.4, 0.5) is 0 Å². The smallest absolute Gasteiger partial charge is 0.339 e. The highest BCUT2D eigenvalue weighted by atomic mass is 16.4. The zero-order valence-electron chi connectivity index (χ0n) is 12.2. The molecule has 0 atom stereocenters. The number of carboxylic acid groups (broad SMARTS) is 1. The van der Waals surface area contributed by atoms with E-state index in [1.807, 2.05) is 27.2 Å². The summed E-state index contributed by atoms with van der Waals surface area (Å²) >= 11 is 0. The Balaban J connectivity index is 2.04. The van der Waals surface area contributed by atoms with Crippen LogP contribution in [0.3, 0.4) is 0 Å². The van der Waals surface area contributed by atoms with Crippen molar-refractivity contribution in [3.8, 4) is 0 Å². The molecule has 6 heteroatoms. The number of carbonyl (C=O) groups is 1. The molecule has 2 aromatic heterocycles. The molecule has 0 bridgehead atoms. The number of hydrogen-bond donors (Lipinski definition) is 1. The van der Waals surface area contributed by atoms with Crippen molar-refractivity contribution >= 4 is 5.97 Å². The van der Waals surface area contributed by atoms with Crippen molar-refractivity contribution in [3.63, 3.8) is 0 Å². The fraction of sp³-hybridized carbons (Fsp3) is 0.429. The first kappa shape index (κ1) is 14.3. The molecule has 0 aliphatic rings. The zero-order chi connectivity index (χ0) is 14.9. The van der Waals surface area contributed by atoms with Crippen LogP contribution in [0.5, 0.6) is 0 Å². The Hall–Kier alpha value is -2.08. The maximum Gasteiger partial charge on any atom is 0.339 e. The molecular weight excluding hydrogens is 258 g/mol. The van der Waals surface area contributed by atoms with Gasteiger partial charge in [0.25, 0.3) is 0 Å². The van der Waals surface area contributed by atoms with Crippen LogP contribution in [0.25, 0.3) is 0 Å². The molecule has 0 fully saturated rings. The third kappa shape index (κ3) is 3.08. The molecule has 0 unspecified atom stereocenters. The van der Waals surface area contributed by atoms with E-state index in [-0.39, 0.29) is 5.56 Å². The highest BCUT2D eigenvalue weighted by Gasteiger charge is 2.15. The van der Waals surface area contributed by atoms with E-state index in [4.69, 9.17) is 9.52 Å². The van der Waals surface area contributed by atoms with E-state index in [0.717, 1.165) is 17.8 Å². The van der Waals surface area contributed by atoms with Gasteiger partial charge < -0.3 is 9.52 Å². The third-order valence-corrected chi connectivity index (χ3v) is 3.18. The average molecular weight is 277 g/mol. The number of carboxylic acids is 1. The van der Waals surface area contributed by atoms with Gasteiger partial charge in [0, 0.05) is 25.4 Å².